The van der Waals surface area contributed by atoms with Crippen LogP contribution in [0.25, 0.3) is 0 Å². The first-order valence-corrected chi connectivity index (χ1v) is 63.6. The zero-order valence-electron chi connectivity index (χ0n) is 87.3. The molecule has 810 valence electrons. The Balaban J connectivity index is 0.000000215. The number of piperidine rings is 3. The molecule has 5 saturated heterocycles. The predicted molar refractivity (Wildman–Crippen MR) is 588 cm³/mol. The number of nitrogens with one attached hydrogen (secondary N) is 3. The number of quaternary nitrogens is 1. The standard InChI is InChI=1S/2C36H57N5O4S2.C32H51N5O4S2.C4H8Cl2.ClH/c2*1-37(2)35-17-19-36(20-18-35)46(42,43)39-25-9-10-26-40(28-12-24-38(23-11-27-39)31-32-13-5-3-6-14-32)47(44,45)41-29-21-34(22-30-41)33-15-7-4-8-16-33;1-35(2)31-15-17-32(18-16-31)42(38,39)33-21-9-23-36(27-28-11-5-3-6-12-28)24-10-22-34-43(40,41)37-25-19-30(20-26-37)29-13-7-4-8-14-29;5-3-1-2-4-6;/h2*4,7-8,15-20,32,34H,3,5-6,9-14,21-31H2,1-2H3;4,7-8,13-18,28,30,33-34H,3,5-6,9-12,19-27H2,1-2H3;1-4H2;1H. The van der Waals surface area contributed by atoms with E-state index < -0.39 is 60.7 Å². The fourth-order valence-corrected chi connectivity index (χ4v) is 31.1. The summed E-state index contributed by atoms with van der Waals surface area (Å²) in [5, 5.41) is 0. The minimum Gasteiger partial charge on any atom is -1.00 e. The molecular formula is C108H174Cl3N15O12S6. The SMILES string of the molecule is CN(C)c1ccc(S(=O)(=O)N2CCCCN(S(=O)(=O)N3CCC(c4ccccc4)CC3)CCCN(CC3CCCCC3)CCC2)cc1.CN(C)c1ccc(S(=O)(=O)N2CCCCN(S(=O)(=O)N3CCC(c4ccccc4)CC3)CCC[NH+](CC3CCCCC3)CCC2)cc1.CN(C)c1ccc(S(=O)(=O)NCCCN(CCCNS(=O)(=O)N2CCC(c3ccccc3)CC2)CC2CCCCC2)cc1.ClCCCCCl.[Cl-]. The summed E-state index contributed by atoms with van der Waals surface area (Å²) in [7, 11) is -10.0. The molecule has 8 aliphatic rings. The van der Waals surface area contributed by atoms with Crippen LogP contribution in [-0.2, 0) is 60.7 Å². The second-order valence-corrected chi connectivity index (χ2v) is 53.5. The number of hydrogen-bond acceptors (Lipinski definition) is 17. The molecule has 8 fully saturated rings. The van der Waals surface area contributed by atoms with Crippen LogP contribution in [0.5, 0.6) is 0 Å². The molecule has 14 rings (SSSR count). The van der Waals surface area contributed by atoms with Crippen molar-refractivity contribution in [2.24, 2.45) is 17.8 Å². The lowest BCUT2D eigenvalue weighted by Gasteiger charge is -2.35. The molecule has 6 aromatic carbocycles. The Kier molecular flexibility index (Phi) is 52.0. The lowest BCUT2D eigenvalue weighted by Crippen LogP contribution is -3.12. The Hall–Kier alpha value is -5.19. The highest BCUT2D eigenvalue weighted by atomic mass is 35.5. The highest BCUT2D eigenvalue weighted by Crippen LogP contribution is 2.36. The van der Waals surface area contributed by atoms with Gasteiger partial charge in [0.1, 0.15) is 0 Å². The maximum absolute atomic E-state index is 14.1. The molecule has 3 N–H and O–H groups in total. The van der Waals surface area contributed by atoms with Gasteiger partial charge in [-0.2, -0.15) is 55.4 Å². The lowest BCUT2D eigenvalue weighted by atomic mass is 9.89. The molecule has 5 heterocycles. The molecule has 0 radical (unpaired) electrons. The predicted octanol–water partition coefficient (Wildman–Crippen LogP) is 13.5. The minimum atomic E-state index is -3.68. The number of anilines is 3. The molecule has 0 spiro atoms. The highest BCUT2D eigenvalue weighted by Gasteiger charge is 2.38. The van der Waals surface area contributed by atoms with Crippen molar-refractivity contribution < 1.29 is 67.8 Å². The smallest absolute Gasteiger partial charge is 0.281 e. The van der Waals surface area contributed by atoms with E-state index in [2.05, 4.69) is 79.9 Å². The van der Waals surface area contributed by atoms with E-state index in [9.17, 15) is 50.5 Å². The third-order valence-electron chi connectivity index (χ3n) is 30.4. The quantitative estimate of drug-likeness (QED) is 0.0246. The van der Waals surface area contributed by atoms with Crippen molar-refractivity contribution in [1.29, 1.82) is 0 Å². The van der Waals surface area contributed by atoms with Gasteiger partial charge in [0.25, 0.3) is 30.6 Å². The van der Waals surface area contributed by atoms with Gasteiger partial charge in [-0.3, -0.25) is 0 Å². The normalized spacial score (nSPS) is 20.6. The molecule has 144 heavy (non-hydrogen) atoms. The van der Waals surface area contributed by atoms with Crippen LogP contribution in [0.4, 0.5) is 17.1 Å². The van der Waals surface area contributed by atoms with Crippen molar-refractivity contribution in [3.05, 3.63) is 180 Å². The number of nitrogens with zero attached hydrogens (tertiary/aromatic N) is 12. The summed E-state index contributed by atoms with van der Waals surface area (Å²) in [6, 6.07) is 52.4. The van der Waals surface area contributed by atoms with Crippen molar-refractivity contribution in [2.75, 3.05) is 232 Å². The zero-order valence-corrected chi connectivity index (χ0v) is 94.5. The fourth-order valence-electron chi connectivity index (χ4n) is 21.9. The average molecular weight is 2170 g/mol. The highest BCUT2D eigenvalue weighted by molar-refractivity contribution is 7.90. The maximum Gasteiger partial charge on any atom is 0.281 e. The van der Waals surface area contributed by atoms with Crippen LogP contribution in [0.15, 0.2) is 178 Å². The summed E-state index contributed by atoms with van der Waals surface area (Å²) in [4.78, 5) is 13.1. The monoisotopic (exact) mass is 2170 g/mol. The molecule has 1 unspecified atom stereocenters. The minimum absolute atomic E-state index is 0. The molecule has 0 bridgehead atoms. The number of unbranched alkanes of at least 4 members (excludes halogenated alkanes) is 1. The molecule has 27 nitrogen and oxygen atoms in total. The van der Waals surface area contributed by atoms with E-state index in [1.807, 2.05) is 112 Å². The van der Waals surface area contributed by atoms with E-state index in [-0.39, 0.29) is 17.3 Å². The third-order valence-corrected chi connectivity index (χ3v) is 41.9. The molecule has 3 aliphatic carbocycles. The Morgan fingerprint density at radius 2 is 0.625 bits per heavy atom. The van der Waals surface area contributed by atoms with Crippen LogP contribution < -0.4 is 41.5 Å². The molecule has 5 aliphatic heterocycles. The van der Waals surface area contributed by atoms with Crippen molar-refractivity contribution in [3.63, 3.8) is 0 Å². The van der Waals surface area contributed by atoms with Gasteiger partial charge in [-0.05, 0) is 287 Å². The molecule has 1 atom stereocenters. The molecular weight excluding hydrogens is 2000 g/mol. The van der Waals surface area contributed by atoms with Crippen molar-refractivity contribution >= 4 is 101 Å². The van der Waals surface area contributed by atoms with Gasteiger partial charge < -0.3 is 41.8 Å². The topological polar surface area (TPSA) is 272 Å². The van der Waals surface area contributed by atoms with Crippen LogP contribution in [0.3, 0.4) is 0 Å². The number of hydrogen-bond donors (Lipinski definition) is 3. The van der Waals surface area contributed by atoms with Gasteiger partial charge in [-0.25, -0.2) is 34.7 Å². The number of rotatable bonds is 35. The Labute approximate surface area is 886 Å². The van der Waals surface area contributed by atoms with Crippen molar-refractivity contribution in [2.45, 2.75) is 244 Å². The van der Waals surface area contributed by atoms with Gasteiger partial charge >= 0.3 is 0 Å². The van der Waals surface area contributed by atoms with E-state index in [1.54, 1.807) is 78.7 Å². The van der Waals surface area contributed by atoms with Gasteiger partial charge in [0.05, 0.1) is 34.3 Å². The van der Waals surface area contributed by atoms with Gasteiger partial charge in [0, 0.05) is 208 Å². The molecule has 3 saturated carbocycles. The molecule has 6 aromatic rings. The maximum atomic E-state index is 14.1. The third kappa shape index (κ3) is 38.6. The summed E-state index contributed by atoms with van der Waals surface area (Å²) in [5.74, 6) is 4.70. The van der Waals surface area contributed by atoms with Crippen LogP contribution in [0.1, 0.15) is 246 Å². The Morgan fingerprint density at radius 1 is 0.312 bits per heavy atom. The first-order valence-electron chi connectivity index (χ1n) is 54.0. The zero-order chi connectivity index (χ0) is 102. The van der Waals surface area contributed by atoms with E-state index in [0.717, 1.165) is 171 Å². The van der Waals surface area contributed by atoms with E-state index in [4.69, 9.17) is 23.2 Å². The summed E-state index contributed by atoms with van der Waals surface area (Å²) < 4.78 is 181. The molecule has 36 heteroatoms. The fraction of sp³-hybridized carbons (Fsp3) is 0.667. The first-order chi connectivity index (χ1) is 68.8. The van der Waals surface area contributed by atoms with Gasteiger partial charge in [-0.1, -0.05) is 149 Å². The van der Waals surface area contributed by atoms with Crippen LogP contribution >= 0.6 is 23.2 Å². The van der Waals surface area contributed by atoms with Crippen LogP contribution in [-0.4, -0.2) is 308 Å². The van der Waals surface area contributed by atoms with E-state index in [0.29, 0.717) is 182 Å². The number of sulfonamides is 3. The average Bonchev–Trinajstić information content (AvgIpc) is 1.06. The van der Waals surface area contributed by atoms with Gasteiger partial charge in [0.15, 0.2) is 0 Å². The van der Waals surface area contributed by atoms with Gasteiger partial charge in [0.2, 0.25) is 30.1 Å². The summed E-state index contributed by atoms with van der Waals surface area (Å²) in [6.45, 7) is 15.7. The van der Waals surface area contributed by atoms with Gasteiger partial charge in [-0.15, -0.1) is 23.2 Å². The van der Waals surface area contributed by atoms with E-state index in [1.165, 1.54) is 118 Å². The second kappa shape index (κ2) is 62.1. The Bertz CT molecular complexity index is 5100. The summed E-state index contributed by atoms with van der Waals surface area (Å²) >= 11 is 10.6. The number of alkyl halides is 2. The molecule has 0 amide bonds. The number of benzene rings is 6. The molecule has 0 aromatic heterocycles. The second-order valence-electron chi connectivity index (χ2n) is 41.5. The summed E-state index contributed by atoms with van der Waals surface area (Å²) in [5.41, 5.74) is 6.74. The number of halogens is 3. The lowest BCUT2D eigenvalue weighted by molar-refractivity contribution is -0.904. The van der Waals surface area contributed by atoms with E-state index >= 15 is 0 Å². The largest absolute Gasteiger partial charge is 1.00 e. The van der Waals surface area contributed by atoms with Crippen LogP contribution in [0, 0.1) is 17.8 Å². The first kappa shape index (κ1) is 121. The van der Waals surface area contributed by atoms with Crippen molar-refractivity contribution in [1.82, 2.24) is 49.4 Å². The van der Waals surface area contributed by atoms with Crippen molar-refractivity contribution in [3.8, 4) is 0 Å². The summed E-state index contributed by atoms with van der Waals surface area (Å²) in [6.07, 6.45) is 33.3. The Morgan fingerprint density at radius 3 is 1.00 bits per heavy atom. The van der Waals surface area contributed by atoms with Crippen LogP contribution in [0.2, 0.25) is 0 Å².